The maximum absolute atomic E-state index is 12.1. The molecule has 0 spiro atoms. The van der Waals surface area contributed by atoms with E-state index in [1.807, 2.05) is 60.0 Å². The summed E-state index contributed by atoms with van der Waals surface area (Å²) in [5.74, 6) is -1.04. The fraction of sp³-hybridized carbons (Fsp3) is 0.0455. The minimum Gasteiger partial charge on any atom is -0.341 e. The van der Waals surface area contributed by atoms with Crippen LogP contribution in [-0.2, 0) is 9.63 Å². The van der Waals surface area contributed by atoms with Crippen LogP contribution in [0.4, 0.5) is 0 Å². The van der Waals surface area contributed by atoms with E-state index in [-0.39, 0.29) is 0 Å². The number of amides is 1. The molecule has 0 aliphatic rings. The van der Waals surface area contributed by atoms with Crippen molar-refractivity contribution < 1.29 is 14.4 Å². The SMILES string of the molecule is CC(=O)ONC(=O)c1ccc2ccc(-c3nc(-c4ccccc4)cs3)cc2c1. The third-order valence-electron chi connectivity index (χ3n) is 4.21. The van der Waals surface area contributed by atoms with Crippen molar-refractivity contribution in [3.8, 4) is 21.8 Å². The number of hydrogen-bond acceptors (Lipinski definition) is 5. The van der Waals surface area contributed by atoms with E-state index in [9.17, 15) is 9.59 Å². The Hall–Kier alpha value is -3.51. The van der Waals surface area contributed by atoms with Crippen LogP contribution in [-0.4, -0.2) is 16.9 Å². The van der Waals surface area contributed by atoms with Gasteiger partial charge in [-0.15, -0.1) is 11.3 Å². The molecular formula is C22H16N2O3S. The van der Waals surface area contributed by atoms with Gasteiger partial charge in [0, 0.05) is 29.0 Å². The zero-order valence-electron chi connectivity index (χ0n) is 15.0. The molecule has 0 radical (unpaired) electrons. The van der Waals surface area contributed by atoms with E-state index in [0.717, 1.165) is 32.6 Å². The highest BCUT2D eigenvalue weighted by Crippen LogP contribution is 2.31. The van der Waals surface area contributed by atoms with Gasteiger partial charge in [-0.05, 0) is 29.0 Å². The topological polar surface area (TPSA) is 68.3 Å². The van der Waals surface area contributed by atoms with Crippen LogP contribution in [0.1, 0.15) is 17.3 Å². The van der Waals surface area contributed by atoms with Gasteiger partial charge in [0.1, 0.15) is 5.01 Å². The fourth-order valence-corrected chi connectivity index (χ4v) is 3.67. The van der Waals surface area contributed by atoms with Crippen LogP contribution in [0, 0.1) is 0 Å². The molecule has 6 heteroatoms. The average molecular weight is 388 g/mol. The van der Waals surface area contributed by atoms with Gasteiger partial charge in [-0.3, -0.25) is 9.59 Å². The normalized spacial score (nSPS) is 10.6. The largest absolute Gasteiger partial charge is 0.341 e. The van der Waals surface area contributed by atoms with Crippen LogP contribution in [0.5, 0.6) is 0 Å². The summed E-state index contributed by atoms with van der Waals surface area (Å²) in [5.41, 5.74) is 5.55. The molecular weight excluding hydrogens is 372 g/mol. The molecule has 1 N–H and O–H groups in total. The first-order valence-electron chi connectivity index (χ1n) is 8.63. The lowest BCUT2D eigenvalue weighted by molar-refractivity contribution is -0.146. The Kier molecular flexibility index (Phi) is 4.87. The predicted molar refractivity (Wildman–Crippen MR) is 110 cm³/mol. The Morgan fingerprint density at radius 2 is 1.71 bits per heavy atom. The molecule has 3 aromatic carbocycles. The van der Waals surface area contributed by atoms with Crippen molar-refractivity contribution in [2.75, 3.05) is 0 Å². The van der Waals surface area contributed by atoms with Gasteiger partial charge in [0.2, 0.25) is 0 Å². The summed E-state index contributed by atoms with van der Waals surface area (Å²) < 4.78 is 0. The lowest BCUT2D eigenvalue weighted by atomic mass is 10.0. The number of aromatic nitrogens is 1. The van der Waals surface area contributed by atoms with Crippen molar-refractivity contribution in [3.63, 3.8) is 0 Å². The van der Waals surface area contributed by atoms with E-state index in [1.54, 1.807) is 23.5 Å². The van der Waals surface area contributed by atoms with Crippen molar-refractivity contribution in [3.05, 3.63) is 77.7 Å². The second-order valence-corrected chi connectivity index (χ2v) is 7.06. The Bertz CT molecular complexity index is 1170. The molecule has 1 heterocycles. The Morgan fingerprint density at radius 1 is 0.929 bits per heavy atom. The van der Waals surface area contributed by atoms with E-state index >= 15 is 0 Å². The molecule has 1 amide bonds. The van der Waals surface area contributed by atoms with E-state index in [4.69, 9.17) is 4.98 Å². The fourth-order valence-electron chi connectivity index (χ4n) is 2.85. The molecule has 0 atom stereocenters. The number of nitrogens with one attached hydrogen (secondary N) is 1. The van der Waals surface area contributed by atoms with Crippen LogP contribution in [0.25, 0.3) is 32.6 Å². The molecule has 4 aromatic rings. The molecule has 28 heavy (non-hydrogen) atoms. The molecule has 1 aromatic heterocycles. The monoisotopic (exact) mass is 388 g/mol. The summed E-state index contributed by atoms with van der Waals surface area (Å²) in [6.45, 7) is 1.23. The van der Waals surface area contributed by atoms with Crippen molar-refractivity contribution in [1.82, 2.24) is 10.5 Å². The molecule has 0 aliphatic heterocycles. The minimum absolute atomic E-state index is 0.412. The van der Waals surface area contributed by atoms with Gasteiger partial charge >= 0.3 is 5.97 Å². The molecule has 0 aliphatic carbocycles. The van der Waals surface area contributed by atoms with Crippen molar-refractivity contribution in [2.45, 2.75) is 6.92 Å². The van der Waals surface area contributed by atoms with E-state index in [1.165, 1.54) is 6.92 Å². The summed E-state index contributed by atoms with van der Waals surface area (Å²) in [5, 5.41) is 4.87. The zero-order valence-corrected chi connectivity index (χ0v) is 15.8. The number of hydrogen-bond donors (Lipinski definition) is 1. The first-order valence-corrected chi connectivity index (χ1v) is 9.51. The second-order valence-electron chi connectivity index (χ2n) is 6.21. The molecule has 0 saturated carbocycles. The number of carbonyl (C=O) groups is 2. The Labute approximate surface area is 165 Å². The summed E-state index contributed by atoms with van der Waals surface area (Å²) >= 11 is 1.58. The first-order chi connectivity index (χ1) is 13.6. The molecule has 0 fully saturated rings. The lowest BCUT2D eigenvalue weighted by Crippen LogP contribution is -2.25. The lowest BCUT2D eigenvalue weighted by Gasteiger charge is -2.06. The summed E-state index contributed by atoms with van der Waals surface area (Å²) in [7, 11) is 0. The predicted octanol–water partition coefficient (Wildman–Crippen LogP) is 4.84. The van der Waals surface area contributed by atoms with Gasteiger partial charge in [-0.25, -0.2) is 4.98 Å². The number of benzene rings is 3. The Morgan fingerprint density at radius 3 is 2.50 bits per heavy atom. The Balaban J connectivity index is 1.64. The smallest absolute Gasteiger partial charge is 0.329 e. The van der Waals surface area contributed by atoms with Gasteiger partial charge in [0.15, 0.2) is 0 Å². The quantitative estimate of drug-likeness (QED) is 0.510. The first kappa shape index (κ1) is 17.9. The molecule has 0 bridgehead atoms. The molecule has 5 nitrogen and oxygen atoms in total. The number of nitrogens with zero attached hydrogens (tertiary/aromatic N) is 1. The van der Waals surface area contributed by atoms with Crippen LogP contribution in [0.3, 0.4) is 0 Å². The highest BCUT2D eigenvalue weighted by molar-refractivity contribution is 7.13. The number of rotatable bonds is 3. The van der Waals surface area contributed by atoms with Crippen molar-refractivity contribution in [2.24, 2.45) is 0 Å². The summed E-state index contributed by atoms with van der Waals surface area (Å²) in [6.07, 6.45) is 0. The standard InChI is InChI=1S/C22H16N2O3S/c1-14(25)27-24-21(26)17-9-7-15-8-10-18(12-19(15)11-17)22-23-20(13-28-22)16-5-3-2-4-6-16/h2-13H,1H3,(H,24,26). The van der Waals surface area contributed by atoms with Crippen molar-refractivity contribution in [1.29, 1.82) is 0 Å². The van der Waals surface area contributed by atoms with Crippen LogP contribution >= 0.6 is 11.3 Å². The molecule has 4 rings (SSSR count). The highest BCUT2D eigenvalue weighted by Gasteiger charge is 2.10. The third kappa shape index (κ3) is 3.77. The number of carbonyl (C=O) groups excluding carboxylic acids is 2. The highest BCUT2D eigenvalue weighted by atomic mass is 32.1. The summed E-state index contributed by atoms with van der Waals surface area (Å²) in [6, 6.07) is 21.4. The minimum atomic E-state index is -0.575. The molecule has 0 unspecified atom stereocenters. The van der Waals surface area contributed by atoms with E-state index in [0.29, 0.717) is 5.56 Å². The number of hydroxylamine groups is 1. The average Bonchev–Trinajstić information content (AvgIpc) is 3.22. The van der Waals surface area contributed by atoms with Crippen LogP contribution < -0.4 is 5.48 Å². The van der Waals surface area contributed by atoms with Gasteiger partial charge in [-0.1, -0.05) is 48.5 Å². The van der Waals surface area contributed by atoms with Gasteiger partial charge < -0.3 is 4.84 Å². The van der Waals surface area contributed by atoms with Gasteiger partial charge in [0.05, 0.1) is 5.69 Å². The summed E-state index contributed by atoms with van der Waals surface area (Å²) in [4.78, 5) is 32.3. The van der Waals surface area contributed by atoms with Crippen molar-refractivity contribution >= 4 is 34.0 Å². The van der Waals surface area contributed by atoms with E-state index < -0.39 is 11.9 Å². The number of fused-ring (bicyclic) bond motifs is 1. The number of thiazole rings is 1. The van der Waals surface area contributed by atoms with Gasteiger partial charge in [-0.2, -0.15) is 5.48 Å². The van der Waals surface area contributed by atoms with Gasteiger partial charge in [0.25, 0.3) is 5.91 Å². The zero-order chi connectivity index (χ0) is 19.5. The van der Waals surface area contributed by atoms with E-state index in [2.05, 4.69) is 10.3 Å². The maximum atomic E-state index is 12.1. The molecule has 0 saturated heterocycles. The maximum Gasteiger partial charge on any atom is 0.329 e. The van der Waals surface area contributed by atoms with Crippen LogP contribution in [0.15, 0.2) is 72.1 Å². The second kappa shape index (κ2) is 7.62. The van der Waals surface area contributed by atoms with Crippen LogP contribution in [0.2, 0.25) is 0 Å². The molecule has 138 valence electrons. The third-order valence-corrected chi connectivity index (χ3v) is 5.10.